The fourth-order valence-corrected chi connectivity index (χ4v) is 1.18. The van der Waals surface area contributed by atoms with Crippen molar-refractivity contribution in [3.8, 4) is 6.07 Å². The Balaban J connectivity index is 2.82. The van der Waals surface area contributed by atoms with Crippen molar-refractivity contribution < 1.29 is 5.11 Å². The Morgan fingerprint density at radius 1 is 1.73 bits per heavy atom. The van der Waals surface area contributed by atoms with Crippen molar-refractivity contribution in [1.82, 2.24) is 4.98 Å². The smallest absolute Gasteiger partial charge is 0.150 e. The molecule has 1 rings (SSSR count). The number of rotatable bonds is 4. The molecule has 4 N–H and O–H groups in total. The molecule has 1 aromatic heterocycles. The summed E-state index contributed by atoms with van der Waals surface area (Å²) in [6, 6.07) is 3.62. The zero-order valence-corrected chi connectivity index (χ0v) is 8.57. The molecule has 1 aromatic rings. The van der Waals surface area contributed by atoms with Crippen LogP contribution in [0.3, 0.4) is 0 Å². The van der Waals surface area contributed by atoms with Gasteiger partial charge in [0.05, 0.1) is 11.3 Å². The number of pyridine rings is 1. The number of nitriles is 1. The fourth-order valence-electron chi connectivity index (χ4n) is 1.18. The molecule has 0 saturated carbocycles. The topological polar surface area (TPSA) is 95.0 Å². The average Bonchev–Trinajstić information content (AvgIpc) is 2.21. The van der Waals surface area contributed by atoms with Crippen LogP contribution in [0.5, 0.6) is 0 Å². The normalized spacial score (nSPS) is 11.8. The number of aliphatic hydroxyl groups is 1. The largest absolute Gasteiger partial charge is 0.396 e. The number of nitrogens with zero attached hydrogens (tertiary/aromatic N) is 2. The van der Waals surface area contributed by atoms with Crippen molar-refractivity contribution in [2.45, 2.75) is 19.4 Å². The van der Waals surface area contributed by atoms with Gasteiger partial charge in [0.2, 0.25) is 0 Å². The Morgan fingerprint density at radius 2 is 2.47 bits per heavy atom. The van der Waals surface area contributed by atoms with E-state index in [0.29, 0.717) is 23.5 Å². The van der Waals surface area contributed by atoms with Gasteiger partial charge in [0.1, 0.15) is 6.07 Å². The van der Waals surface area contributed by atoms with Gasteiger partial charge in [0.15, 0.2) is 5.82 Å². The zero-order valence-electron chi connectivity index (χ0n) is 8.57. The Hall–Kier alpha value is -1.80. The van der Waals surface area contributed by atoms with E-state index in [0.717, 1.165) is 0 Å². The van der Waals surface area contributed by atoms with E-state index in [4.69, 9.17) is 16.1 Å². The van der Waals surface area contributed by atoms with Crippen LogP contribution in [0.15, 0.2) is 12.3 Å². The number of hydrogen-bond acceptors (Lipinski definition) is 5. The number of nitrogens with one attached hydrogen (secondary N) is 1. The van der Waals surface area contributed by atoms with Crippen molar-refractivity contribution in [1.29, 1.82) is 5.26 Å². The second-order valence-electron chi connectivity index (χ2n) is 3.29. The van der Waals surface area contributed by atoms with Crippen LogP contribution in [0.25, 0.3) is 0 Å². The second-order valence-corrected chi connectivity index (χ2v) is 3.29. The molecule has 80 valence electrons. The van der Waals surface area contributed by atoms with Gasteiger partial charge in [-0.3, -0.25) is 0 Å². The molecule has 0 aliphatic carbocycles. The Labute approximate surface area is 88.6 Å². The number of hydrogen-bond donors (Lipinski definition) is 3. The molecule has 5 heteroatoms. The second kappa shape index (κ2) is 5.17. The van der Waals surface area contributed by atoms with Crippen molar-refractivity contribution in [2.75, 3.05) is 17.7 Å². The van der Waals surface area contributed by atoms with Gasteiger partial charge in [0.25, 0.3) is 0 Å². The summed E-state index contributed by atoms with van der Waals surface area (Å²) in [5.41, 5.74) is 6.49. The van der Waals surface area contributed by atoms with E-state index in [1.807, 2.05) is 13.0 Å². The van der Waals surface area contributed by atoms with Gasteiger partial charge in [-0.05, 0) is 19.4 Å². The predicted molar refractivity (Wildman–Crippen MR) is 58.2 cm³/mol. The molecule has 0 aliphatic heterocycles. The monoisotopic (exact) mass is 206 g/mol. The van der Waals surface area contributed by atoms with E-state index < -0.39 is 0 Å². The summed E-state index contributed by atoms with van der Waals surface area (Å²) in [5, 5.41) is 20.5. The Morgan fingerprint density at radius 3 is 3.07 bits per heavy atom. The lowest BCUT2D eigenvalue weighted by Gasteiger charge is -2.14. The van der Waals surface area contributed by atoms with Crippen LogP contribution in [0, 0.1) is 11.3 Å². The fraction of sp³-hybridized carbons (Fsp3) is 0.400. The minimum absolute atomic E-state index is 0.0683. The molecule has 1 atom stereocenters. The van der Waals surface area contributed by atoms with Gasteiger partial charge >= 0.3 is 0 Å². The first-order chi connectivity index (χ1) is 7.19. The zero-order chi connectivity index (χ0) is 11.3. The minimum Gasteiger partial charge on any atom is -0.396 e. The van der Waals surface area contributed by atoms with Crippen LogP contribution in [-0.4, -0.2) is 22.7 Å². The average molecular weight is 206 g/mol. The van der Waals surface area contributed by atoms with Crippen LogP contribution >= 0.6 is 0 Å². The van der Waals surface area contributed by atoms with Gasteiger partial charge in [-0.15, -0.1) is 0 Å². The third-order valence-corrected chi connectivity index (χ3v) is 2.06. The van der Waals surface area contributed by atoms with Crippen LogP contribution in [0.4, 0.5) is 11.5 Å². The SMILES string of the molecule is CC(CCO)Nc1nccc(C#N)c1N. The van der Waals surface area contributed by atoms with Crippen LogP contribution in [-0.2, 0) is 0 Å². The Kier molecular flexibility index (Phi) is 3.89. The minimum atomic E-state index is 0.0683. The standard InChI is InChI=1S/C10H14N4O/c1-7(3-5-15)14-10-9(12)8(6-11)2-4-13-10/h2,4,7,15H,3,5,12H2,1H3,(H,13,14). The van der Waals surface area contributed by atoms with Crippen molar-refractivity contribution in [3.05, 3.63) is 17.8 Å². The molecule has 0 amide bonds. The molecular formula is C10H14N4O. The quantitative estimate of drug-likeness (QED) is 0.674. The van der Waals surface area contributed by atoms with Crippen LogP contribution in [0.2, 0.25) is 0 Å². The third-order valence-electron chi connectivity index (χ3n) is 2.06. The molecular weight excluding hydrogens is 192 g/mol. The predicted octanol–water partition coefficient (Wildman–Crippen LogP) is 0.718. The van der Waals surface area contributed by atoms with Crippen molar-refractivity contribution >= 4 is 11.5 Å². The number of aliphatic hydroxyl groups excluding tert-OH is 1. The number of nitrogen functional groups attached to an aromatic ring is 1. The summed E-state index contributed by atoms with van der Waals surface area (Å²) in [5.74, 6) is 0.495. The highest BCUT2D eigenvalue weighted by Crippen LogP contribution is 2.19. The number of anilines is 2. The molecule has 0 saturated heterocycles. The molecule has 15 heavy (non-hydrogen) atoms. The molecule has 0 aliphatic rings. The third kappa shape index (κ3) is 2.82. The lowest BCUT2D eigenvalue weighted by atomic mass is 10.2. The van der Waals surface area contributed by atoms with Crippen LogP contribution < -0.4 is 11.1 Å². The maximum absolute atomic E-state index is 8.75. The van der Waals surface area contributed by atoms with E-state index in [1.54, 1.807) is 6.07 Å². The van der Waals surface area contributed by atoms with Gasteiger partial charge in [-0.2, -0.15) is 5.26 Å². The highest BCUT2D eigenvalue weighted by Gasteiger charge is 2.08. The summed E-state index contributed by atoms with van der Waals surface area (Å²) in [4.78, 5) is 4.04. The highest BCUT2D eigenvalue weighted by molar-refractivity contribution is 5.68. The molecule has 0 radical (unpaired) electrons. The molecule has 1 unspecified atom stereocenters. The number of nitrogens with two attached hydrogens (primary N) is 1. The molecule has 0 fully saturated rings. The summed E-state index contributed by atoms with van der Waals surface area (Å²) >= 11 is 0. The lowest BCUT2D eigenvalue weighted by Crippen LogP contribution is -2.18. The number of aromatic nitrogens is 1. The summed E-state index contributed by atoms with van der Waals surface area (Å²) in [6.07, 6.45) is 2.14. The summed E-state index contributed by atoms with van der Waals surface area (Å²) in [6.45, 7) is 2.02. The molecule has 0 spiro atoms. The molecule has 0 bridgehead atoms. The Bertz CT molecular complexity index is 372. The first-order valence-electron chi connectivity index (χ1n) is 4.71. The van der Waals surface area contributed by atoms with Gasteiger partial charge in [-0.25, -0.2) is 4.98 Å². The molecule has 5 nitrogen and oxygen atoms in total. The van der Waals surface area contributed by atoms with E-state index >= 15 is 0 Å². The molecule has 1 heterocycles. The van der Waals surface area contributed by atoms with Crippen LogP contribution in [0.1, 0.15) is 18.9 Å². The van der Waals surface area contributed by atoms with Crippen molar-refractivity contribution in [3.63, 3.8) is 0 Å². The van der Waals surface area contributed by atoms with Gasteiger partial charge < -0.3 is 16.2 Å². The van der Waals surface area contributed by atoms with E-state index in [2.05, 4.69) is 10.3 Å². The highest BCUT2D eigenvalue weighted by atomic mass is 16.3. The van der Waals surface area contributed by atoms with E-state index in [1.165, 1.54) is 6.20 Å². The first-order valence-corrected chi connectivity index (χ1v) is 4.71. The molecule has 0 aromatic carbocycles. The van der Waals surface area contributed by atoms with Crippen molar-refractivity contribution in [2.24, 2.45) is 0 Å². The maximum Gasteiger partial charge on any atom is 0.150 e. The first kappa shape index (κ1) is 11.3. The van der Waals surface area contributed by atoms with Gasteiger partial charge in [-0.1, -0.05) is 0 Å². The lowest BCUT2D eigenvalue weighted by molar-refractivity contribution is 0.282. The van der Waals surface area contributed by atoms with E-state index in [-0.39, 0.29) is 12.6 Å². The van der Waals surface area contributed by atoms with Gasteiger partial charge in [0, 0.05) is 18.8 Å². The maximum atomic E-state index is 8.75. The summed E-state index contributed by atoms with van der Waals surface area (Å²) in [7, 11) is 0. The van der Waals surface area contributed by atoms with E-state index in [9.17, 15) is 0 Å². The summed E-state index contributed by atoms with van der Waals surface area (Å²) < 4.78 is 0.